The molecular formula is C15H16N4O2. The van der Waals surface area contributed by atoms with Crippen LogP contribution in [0.1, 0.15) is 18.4 Å². The highest BCUT2D eigenvalue weighted by Crippen LogP contribution is 2.30. The van der Waals surface area contributed by atoms with Gasteiger partial charge in [0.05, 0.1) is 0 Å². The summed E-state index contributed by atoms with van der Waals surface area (Å²) >= 11 is 0. The third-order valence-corrected chi connectivity index (χ3v) is 3.35. The van der Waals surface area contributed by atoms with Gasteiger partial charge in [-0.3, -0.25) is 9.36 Å². The Kier molecular flexibility index (Phi) is 3.68. The number of hydrogen-bond acceptors (Lipinski definition) is 3. The van der Waals surface area contributed by atoms with Gasteiger partial charge in [0.2, 0.25) is 5.91 Å². The molecule has 2 amide bonds. The molecule has 2 N–H and O–H groups in total. The molecule has 1 aromatic heterocycles. The number of anilines is 1. The first-order valence-corrected chi connectivity index (χ1v) is 6.88. The van der Waals surface area contributed by atoms with E-state index >= 15 is 0 Å². The van der Waals surface area contributed by atoms with E-state index in [2.05, 4.69) is 15.6 Å². The summed E-state index contributed by atoms with van der Waals surface area (Å²) in [5.41, 5.74) is 1.75. The SMILES string of the molecule is O=C(Nc1ccc(CNC(=O)n2ccnc2)cc1)C1CC1. The minimum Gasteiger partial charge on any atom is -0.333 e. The smallest absolute Gasteiger partial charge is 0.327 e. The molecular weight excluding hydrogens is 268 g/mol. The van der Waals surface area contributed by atoms with E-state index in [9.17, 15) is 9.59 Å². The fraction of sp³-hybridized carbons (Fsp3) is 0.267. The molecule has 1 aliphatic carbocycles. The first kappa shape index (κ1) is 13.4. The molecule has 1 aliphatic rings. The van der Waals surface area contributed by atoms with E-state index < -0.39 is 0 Å². The Labute approximate surface area is 122 Å². The van der Waals surface area contributed by atoms with Gasteiger partial charge in [0.15, 0.2) is 0 Å². The number of benzene rings is 1. The molecule has 6 heteroatoms. The van der Waals surface area contributed by atoms with Crippen molar-refractivity contribution in [2.75, 3.05) is 5.32 Å². The average molecular weight is 284 g/mol. The minimum atomic E-state index is -0.224. The molecule has 0 aliphatic heterocycles. The lowest BCUT2D eigenvalue weighted by molar-refractivity contribution is -0.117. The van der Waals surface area contributed by atoms with Gasteiger partial charge in [-0.25, -0.2) is 9.78 Å². The van der Waals surface area contributed by atoms with Crippen LogP contribution in [0, 0.1) is 5.92 Å². The lowest BCUT2D eigenvalue weighted by Crippen LogP contribution is -2.26. The van der Waals surface area contributed by atoms with Crippen LogP contribution in [0.2, 0.25) is 0 Å². The van der Waals surface area contributed by atoms with Crippen molar-refractivity contribution in [3.63, 3.8) is 0 Å². The summed E-state index contributed by atoms with van der Waals surface area (Å²) in [6.45, 7) is 0.424. The maximum Gasteiger partial charge on any atom is 0.327 e. The van der Waals surface area contributed by atoms with E-state index in [-0.39, 0.29) is 17.9 Å². The molecule has 0 saturated heterocycles. The number of rotatable bonds is 4. The molecule has 3 rings (SSSR count). The van der Waals surface area contributed by atoms with E-state index in [0.717, 1.165) is 24.1 Å². The van der Waals surface area contributed by atoms with Crippen molar-refractivity contribution in [3.05, 3.63) is 48.5 Å². The predicted molar refractivity (Wildman–Crippen MR) is 77.7 cm³/mol. The molecule has 0 radical (unpaired) electrons. The second-order valence-electron chi connectivity index (χ2n) is 5.09. The predicted octanol–water partition coefficient (Wildman–Crippen LogP) is 1.99. The lowest BCUT2D eigenvalue weighted by Gasteiger charge is -2.07. The number of hydrogen-bond donors (Lipinski definition) is 2. The van der Waals surface area contributed by atoms with Gasteiger partial charge in [-0.05, 0) is 30.5 Å². The van der Waals surface area contributed by atoms with E-state index in [1.54, 1.807) is 12.4 Å². The Morgan fingerprint density at radius 1 is 1.24 bits per heavy atom. The molecule has 0 bridgehead atoms. The van der Waals surface area contributed by atoms with Gasteiger partial charge >= 0.3 is 6.03 Å². The molecule has 1 heterocycles. The number of amides is 2. The van der Waals surface area contributed by atoms with Crippen molar-refractivity contribution >= 4 is 17.6 Å². The zero-order chi connectivity index (χ0) is 14.7. The highest BCUT2D eigenvalue weighted by molar-refractivity contribution is 5.94. The van der Waals surface area contributed by atoms with Crippen LogP contribution in [0.25, 0.3) is 0 Å². The van der Waals surface area contributed by atoms with Crippen molar-refractivity contribution in [3.8, 4) is 0 Å². The number of carbonyl (C=O) groups is 2. The molecule has 0 spiro atoms. The Morgan fingerprint density at radius 2 is 2.00 bits per heavy atom. The standard InChI is InChI=1S/C15H16N4O2/c20-14(12-3-4-12)18-13-5-1-11(2-6-13)9-17-15(21)19-8-7-16-10-19/h1-2,5-8,10,12H,3-4,9H2,(H,17,21)(H,18,20). The van der Waals surface area contributed by atoms with Crippen molar-refractivity contribution in [1.29, 1.82) is 0 Å². The molecule has 0 unspecified atom stereocenters. The quantitative estimate of drug-likeness (QED) is 0.901. The van der Waals surface area contributed by atoms with Gasteiger partial charge in [0.1, 0.15) is 6.33 Å². The van der Waals surface area contributed by atoms with Crippen LogP contribution >= 0.6 is 0 Å². The summed E-state index contributed by atoms with van der Waals surface area (Å²) in [6.07, 6.45) is 6.57. The highest BCUT2D eigenvalue weighted by atomic mass is 16.2. The molecule has 1 aromatic carbocycles. The number of carbonyl (C=O) groups excluding carboxylic acids is 2. The molecule has 2 aromatic rings. The normalized spacial score (nSPS) is 13.7. The highest BCUT2D eigenvalue weighted by Gasteiger charge is 2.29. The van der Waals surface area contributed by atoms with Crippen molar-refractivity contribution in [2.24, 2.45) is 5.92 Å². The van der Waals surface area contributed by atoms with Gasteiger partial charge in [-0.2, -0.15) is 0 Å². The second-order valence-corrected chi connectivity index (χ2v) is 5.09. The van der Waals surface area contributed by atoms with Gasteiger partial charge in [-0.15, -0.1) is 0 Å². The Bertz CT molecular complexity index is 630. The van der Waals surface area contributed by atoms with Crippen LogP contribution in [-0.4, -0.2) is 21.5 Å². The van der Waals surface area contributed by atoms with Crippen LogP contribution in [-0.2, 0) is 11.3 Å². The third kappa shape index (κ3) is 3.47. The molecule has 6 nitrogen and oxygen atoms in total. The summed E-state index contributed by atoms with van der Waals surface area (Å²) in [5.74, 6) is 0.287. The lowest BCUT2D eigenvalue weighted by atomic mass is 10.2. The van der Waals surface area contributed by atoms with Gasteiger partial charge in [-0.1, -0.05) is 12.1 Å². The van der Waals surface area contributed by atoms with Gasteiger partial charge in [0.25, 0.3) is 0 Å². The van der Waals surface area contributed by atoms with Crippen molar-refractivity contribution in [2.45, 2.75) is 19.4 Å². The molecule has 1 saturated carbocycles. The van der Waals surface area contributed by atoms with Crippen molar-refractivity contribution < 1.29 is 9.59 Å². The average Bonchev–Trinajstić information content (AvgIpc) is 3.21. The minimum absolute atomic E-state index is 0.0937. The molecule has 0 atom stereocenters. The fourth-order valence-corrected chi connectivity index (χ4v) is 1.94. The van der Waals surface area contributed by atoms with Crippen LogP contribution in [0.4, 0.5) is 10.5 Å². The van der Waals surface area contributed by atoms with E-state index in [0.29, 0.717) is 6.54 Å². The van der Waals surface area contributed by atoms with E-state index in [4.69, 9.17) is 0 Å². The van der Waals surface area contributed by atoms with Crippen molar-refractivity contribution in [1.82, 2.24) is 14.9 Å². The number of imidazole rings is 1. The molecule has 1 fully saturated rings. The molecule has 108 valence electrons. The second kappa shape index (κ2) is 5.78. The zero-order valence-corrected chi connectivity index (χ0v) is 11.5. The summed E-state index contributed by atoms with van der Waals surface area (Å²) in [4.78, 5) is 27.2. The largest absolute Gasteiger partial charge is 0.333 e. The fourth-order valence-electron chi connectivity index (χ4n) is 1.94. The van der Waals surface area contributed by atoms with E-state index in [1.165, 1.54) is 10.9 Å². The topological polar surface area (TPSA) is 76.0 Å². The first-order valence-electron chi connectivity index (χ1n) is 6.88. The zero-order valence-electron chi connectivity index (χ0n) is 11.5. The monoisotopic (exact) mass is 284 g/mol. The van der Waals surface area contributed by atoms with Crippen LogP contribution < -0.4 is 10.6 Å². The Morgan fingerprint density at radius 3 is 2.62 bits per heavy atom. The van der Waals surface area contributed by atoms with Crippen LogP contribution in [0.3, 0.4) is 0 Å². The maximum absolute atomic E-state index is 11.7. The Balaban J connectivity index is 1.52. The van der Waals surface area contributed by atoms with Crippen LogP contribution in [0.15, 0.2) is 43.0 Å². The third-order valence-electron chi connectivity index (χ3n) is 3.35. The number of aromatic nitrogens is 2. The number of nitrogens with one attached hydrogen (secondary N) is 2. The summed E-state index contributed by atoms with van der Waals surface area (Å²) in [6, 6.07) is 7.24. The number of nitrogens with zero attached hydrogens (tertiary/aromatic N) is 2. The molecule has 21 heavy (non-hydrogen) atoms. The van der Waals surface area contributed by atoms with Crippen LogP contribution in [0.5, 0.6) is 0 Å². The summed E-state index contributed by atoms with van der Waals surface area (Å²) in [7, 11) is 0. The maximum atomic E-state index is 11.7. The summed E-state index contributed by atoms with van der Waals surface area (Å²) < 4.78 is 1.38. The van der Waals surface area contributed by atoms with E-state index in [1.807, 2.05) is 24.3 Å². The summed E-state index contributed by atoms with van der Waals surface area (Å²) in [5, 5.41) is 5.67. The van der Waals surface area contributed by atoms with Gasteiger partial charge in [0, 0.05) is 30.5 Å². The Hall–Kier alpha value is -2.63. The first-order chi connectivity index (χ1) is 10.2. The van der Waals surface area contributed by atoms with Gasteiger partial charge < -0.3 is 10.6 Å².